The summed E-state index contributed by atoms with van der Waals surface area (Å²) in [6.45, 7) is 0. The third kappa shape index (κ3) is 4.22. The van der Waals surface area contributed by atoms with Crippen molar-refractivity contribution in [1.29, 1.82) is 0 Å². The highest BCUT2D eigenvalue weighted by molar-refractivity contribution is 6.39. The summed E-state index contributed by atoms with van der Waals surface area (Å²) in [5.74, 6) is -1.66. The van der Waals surface area contributed by atoms with Gasteiger partial charge in [0.15, 0.2) is 0 Å². The average Bonchev–Trinajstić information content (AvgIpc) is 2.63. The maximum atomic E-state index is 11.8. The van der Waals surface area contributed by atoms with Gasteiger partial charge in [0.1, 0.15) is 0 Å². The van der Waals surface area contributed by atoms with E-state index in [-0.39, 0.29) is 0 Å². The Morgan fingerprint density at radius 2 is 1.60 bits per heavy atom. The van der Waals surface area contributed by atoms with Crippen molar-refractivity contribution < 1.29 is 9.59 Å². The van der Waals surface area contributed by atoms with Gasteiger partial charge in [-0.2, -0.15) is 5.10 Å². The van der Waals surface area contributed by atoms with Gasteiger partial charge in [-0.3, -0.25) is 9.59 Å². The van der Waals surface area contributed by atoms with Gasteiger partial charge < -0.3 is 5.32 Å². The van der Waals surface area contributed by atoms with E-state index in [0.717, 1.165) is 16.3 Å². The Balaban J connectivity index is 1.64. The van der Waals surface area contributed by atoms with Crippen molar-refractivity contribution in [3.8, 4) is 0 Å². The summed E-state index contributed by atoms with van der Waals surface area (Å²) >= 11 is 5.77. The molecule has 2 N–H and O–H groups in total. The molecule has 5 nitrogen and oxygen atoms in total. The second-order valence-electron chi connectivity index (χ2n) is 5.23. The molecule has 0 saturated heterocycles. The van der Waals surface area contributed by atoms with Crippen LogP contribution in [0, 0.1) is 0 Å². The standard InChI is InChI=1S/C19H14ClN3O2/c20-15-8-10-16(11-9-15)22-18(24)19(25)23-21-12-14-6-3-5-13-4-1-2-7-17(13)14/h1-12H,(H,22,24)(H,23,25)/b21-12+. The predicted molar refractivity (Wildman–Crippen MR) is 99.8 cm³/mol. The van der Waals surface area contributed by atoms with Gasteiger partial charge in [-0.05, 0) is 35.0 Å². The maximum Gasteiger partial charge on any atom is 0.329 e. The van der Waals surface area contributed by atoms with Gasteiger partial charge in [-0.1, -0.05) is 54.1 Å². The Labute approximate surface area is 149 Å². The summed E-state index contributed by atoms with van der Waals surface area (Å²) in [5.41, 5.74) is 3.54. The minimum absolute atomic E-state index is 0.475. The lowest BCUT2D eigenvalue weighted by Crippen LogP contribution is -2.32. The summed E-state index contributed by atoms with van der Waals surface area (Å²) in [5, 5.41) is 8.95. The molecule has 0 aromatic heterocycles. The van der Waals surface area contributed by atoms with E-state index in [1.54, 1.807) is 24.3 Å². The number of rotatable bonds is 3. The number of amides is 2. The van der Waals surface area contributed by atoms with Crippen molar-refractivity contribution in [2.24, 2.45) is 5.10 Å². The summed E-state index contributed by atoms with van der Waals surface area (Å²) in [4.78, 5) is 23.6. The number of hydrogen-bond donors (Lipinski definition) is 2. The number of carbonyl (C=O) groups is 2. The lowest BCUT2D eigenvalue weighted by Gasteiger charge is -2.04. The Morgan fingerprint density at radius 1 is 0.880 bits per heavy atom. The van der Waals surface area contributed by atoms with Crippen molar-refractivity contribution in [2.45, 2.75) is 0 Å². The first-order valence-corrected chi connectivity index (χ1v) is 7.89. The Hall–Kier alpha value is -3.18. The van der Waals surface area contributed by atoms with Crippen LogP contribution in [0.1, 0.15) is 5.56 Å². The molecule has 2 amide bonds. The Kier molecular flexibility index (Phi) is 5.06. The van der Waals surface area contributed by atoms with Crippen LogP contribution in [-0.2, 0) is 9.59 Å². The molecule has 0 fully saturated rings. The fourth-order valence-electron chi connectivity index (χ4n) is 2.30. The monoisotopic (exact) mass is 351 g/mol. The topological polar surface area (TPSA) is 70.6 Å². The SMILES string of the molecule is O=C(N/N=C/c1cccc2ccccc12)C(=O)Nc1ccc(Cl)cc1. The summed E-state index contributed by atoms with van der Waals surface area (Å²) in [6, 6.07) is 20.1. The molecule has 0 unspecified atom stereocenters. The van der Waals surface area contributed by atoms with Gasteiger partial charge in [0.2, 0.25) is 0 Å². The summed E-state index contributed by atoms with van der Waals surface area (Å²) in [7, 11) is 0. The highest BCUT2D eigenvalue weighted by Crippen LogP contribution is 2.16. The first kappa shape index (κ1) is 16.7. The Bertz CT molecular complexity index is 947. The third-order valence-electron chi connectivity index (χ3n) is 3.50. The molecule has 0 aliphatic heterocycles. The highest BCUT2D eigenvalue weighted by atomic mass is 35.5. The largest absolute Gasteiger partial charge is 0.329 e. The zero-order chi connectivity index (χ0) is 17.6. The minimum atomic E-state index is -0.855. The van der Waals surface area contributed by atoms with Crippen LogP contribution in [0.25, 0.3) is 10.8 Å². The number of hydrazone groups is 1. The van der Waals surface area contributed by atoms with Crippen LogP contribution in [-0.4, -0.2) is 18.0 Å². The number of hydrogen-bond acceptors (Lipinski definition) is 3. The smallest absolute Gasteiger partial charge is 0.318 e. The van der Waals surface area contributed by atoms with Crippen LogP contribution >= 0.6 is 11.6 Å². The molecule has 6 heteroatoms. The molecule has 0 heterocycles. The zero-order valence-corrected chi connectivity index (χ0v) is 13.8. The van der Waals surface area contributed by atoms with Gasteiger partial charge in [-0.15, -0.1) is 0 Å². The van der Waals surface area contributed by atoms with Gasteiger partial charge in [-0.25, -0.2) is 5.43 Å². The van der Waals surface area contributed by atoms with Crippen molar-refractivity contribution >= 4 is 46.1 Å². The van der Waals surface area contributed by atoms with Crippen LogP contribution in [0.2, 0.25) is 5.02 Å². The molecule has 124 valence electrons. The molecule has 0 bridgehead atoms. The number of nitrogens with zero attached hydrogens (tertiary/aromatic N) is 1. The normalized spacial score (nSPS) is 10.8. The first-order valence-electron chi connectivity index (χ1n) is 7.51. The number of nitrogens with one attached hydrogen (secondary N) is 2. The minimum Gasteiger partial charge on any atom is -0.318 e. The van der Waals surface area contributed by atoms with Gasteiger partial charge >= 0.3 is 11.8 Å². The fraction of sp³-hybridized carbons (Fsp3) is 0. The van der Waals surface area contributed by atoms with E-state index in [1.165, 1.54) is 6.21 Å². The van der Waals surface area contributed by atoms with E-state index in [4.69, 9.17) is 11.6 Å². The van der Waals surface area contributed by atoms with E-state index in [2.05, 4.69) is 15.8 Å². The number of fused-ring (bicyclic) bond motifs is 1. The average molecular weight is 352 g/mol. The fourth-order valence-corrected chi connectivity index (χ4v) is 2.42. The van der Waals surface area contributed by atoms with Crippen molar-refractivity contribution in [3.63, 3.8) is 0 Å². The molecule has 3 rings (SSSR count). The number of benzene rings is 3. The van der Waals surface area contributed by atoms with E-state index in [1.807, 2.05) is 42.5 Å². The molecule has 0 saturated carbocycles. The second kappa shape index (κ2) is 7.59. The Morgan fingerprint density at radius 3 is 2.40 bits per heavy atom. The maximum absolute atomic E-state index is 11.8. The lowest BCUT2D eigenvalue weighted by atomic mass is 10.1. The second-order valence-corrected chi connectivity index (χ2v) is 5.66. The summed E-state index contributed by atoms with van der Waals surface area (Å²) in [6.07, 6.45) is 1.51. The van der Waals surface area contributed by atoms with Gasteiger partial charge in [0.05, 0.1) is 6.21 Å². The molecular formula is C19H14ClN3O2. The molecule has 0 radical (unpaired) electrons. The van der Waals surface area contributed by atoms with Crippen LogP contribution in [0.5, 0.6) is 0 Å². The van der Waals surface area contributed by atoms with Gasteiger partial charge in [0.25, 0.3) is 0 Å². The molecule has 0 atom stereocenters. The van der Waals surface area contributed by atoms with E-state index >= 15 is 0 Å². The molecule has 0 aliphatic carbocycles. The van der Waals surface area contributed by atoms with E-state index in [9.17, 15) is 9.59 Å². The molecule has 3 aromatic carbocycles. The zero-order valence-electron chi connectivity index (χ0n) is 13.1. The van der Waals surface area contributed by atoms with E-state index in [0.29, 0.717) is 10.7 Å². The van der Waals surface area contributed by atoms with Crippen molar-refractivity contribution in [2.75, 3.05) is 5.32 Å². The third-order valence-corrected chi connectivity index (χ3v) is 3.75. The van der Waals surface area contributed by atoms with E-state index < -0.39 is 11.8 Å². The van der Waals surface area contributed by atoms with Crippen LogP contribution in [0.15, 0.2) is 71.8 Å². The molecule has 25 heavy (non-hydrogen) atoms. The number of carbonyl (C=O) groups excluding carboxylic acids is 2. The quantitative estimate of drug-likeness (QED) is 0.430. The highest BCUT2D eigenvalue weighted by Gasteiger charge is 2.12. The molecule has 3 aromatic rings. The molecular weight excluding hydrogens is 338 g/mol. The van der Waals surface area contributed by atoms with Crippen LogP contribution in [0.3, 0.4) is 0 Å². The number of halogens is 1. The summed E-state index contributed by atoms with van der Waals surface area (Å²) < 4.78 is 0. The van der Waals surface area contributed by atoms with Crippen LogP contribution < -0.4 is 10.7 Å². The lowest BCUT2D eigenvalue weighted by molar-refractivity contribution is -0.136. The predicted octanol–water partition coefficient (Wildman–Crippen LogP) is 3.58. The van der Waals surface area contributed by atoms with Gasteiger partial charge in [0, 0.05) is 16.3 Å². The first-order chi connectivity index (χ1) is 12.1. The van der Waals surface area contributed by atoms with Crippen molar-refractivity contribution in [1.82, 2.24) is 5.43 Å². The van der Waals surface area contributed by atoms with Crippen LogP contribution in [0.4, 0.5) is 5.69 Å². The molecule has 0 aliphatic rings. The molecule has 0 spiro atoms. The number of anilines is 1. The van der Waals surface area contributed by atoms with Crippen molar-refractivity contribution in [3.05, 3.63) is 77.3 Å².